The summed E-state index contributed by atoms with van der Waals surface area (Å²) in [6, 6.07) is 45.0. The maximum absolute atomic E-state index is 6.54. The van der Waals surface area contributed by atoms with Gasteiger partial charge in [0, 0.05) is 38.1 Å². The summed E-state index contributed by atoms with van der Waals surface area (Å²) in [5.41, 5.74) is 8.90. The predicted octanol–water partition coefficient (Wildman–Crippen LogP) is 11.9. The second-order valence-electron chi connectivity index (χ2n) is 11.2. The van der Waals surface area contributed by atoms with Crippen LogP contribution in [0, 0.1) is 0 Å². The van der Waals surface area contributed by atoms with E-state index in [9.17, 15) is 0 Å². The number of para-hydroxylation sites is 2. The maximum Gasteiger partial charge on any atom is 0.178 e. The fourth-order valence-corrected chi connectivity index (χ4v) is 7.09. The van der Waals surface area contributed by atoms with Crippen LogP contribution in [-0.2, 0) is 0 Å². The molecule has 0 amide bonds. The van der Waals surface area contributed by atoms with E-state index in [0.717, 1.165) is 66.0 Å². The smallest absolute Gasteiger partial charge is 0.178 e. The minimum Gasteiger partial charge on any atom is -0.460 e. The van der Waals surface area contributed by atoms with Crippen LogP contribution in [0.4, 0.5) is 0 Å². The van der Waals surface area contributed by atoms with Crippen LogP contribution < -0.4 is 0 Å². The number of hydrogen-bond donors (Lipinski definition) is 0. The predicted molar refractivity (Wildman–Crippen MR) is 177 cm³/mol. The molecule has 0 saturated carbocycles. The Morgan fingerprint density at radius 2 is 1.00 bits per heavy atom. The van der Waals surface area contributed by atoms with Gasteiger partial charge in [-0.1, -0.05) is 97.1 Å². The van der Waals surface area contributed by atoms with Gasteiger partial charge in [-0.25, -0.2) is 0 Å². The highest BCUT2D eigenvalue weighted by Gasteiger charge is 2.21. The SMILES string of the molecule is c1ccc2c(c1)oc1c(-c3c4ccccc4c(-c4ccc5oc6c(ccc7ccoc76)c5c4)c4ccccc34)cccc12. The number of rotatable bonds is 2. The lowest BCUT2D eigenvalue weighted by Gasteiger charge is -2.18. The van der Waals surface area contributed by atoms with Crippen LogP contribution in [0.15, 0.2) is 147 Å². The lowest BCUT2D eigenvalue weighted by molar-refractivity contribution is 0.600. The van der Waals surface area contributed by atoms with Crippen molar-refractivity contribution in [2.75, 3.05) is 0 Å². The third-order valence-corrected chi connectivity index (χ3v) is 8.95. The Bertz CT molecular complexity index is 2680. The standard InChI is InChI=1S/C40H22O3/c1-3-11-28-26(9-1)36(24-17-19-35-33(22-24)31-18-16-23-20-21-41-38(23)40(31)43-35)27-10-2-4-12-29(27)37(28)32-14-7-13-30-25-8-5-6-15-34(25)42-39(30)32/h1-22H. The van der Waals surface area contributed by atoms with Gasteiger partial charge in [-0.05, 0) is 63.0 Å². The van der Waals surface area contributed by atoms with E-state index in [4.69, 9.17) is 13.3 Å². The van der Waals surface area contributed by atoms with E-state index >= 15 is 0 Å². The summed E-state index contributed by atoms with van der Waals surface area (Å²) in [5, 5.41) is 10.2. The van der Waals surface area contributed by atoms with Crippen molar-refractivity contribution >= 4 is 76.4 Å². The Labute approximate surface area is 245 Å². The van der Waals surface area contributed by atoms with E-state index in [-0.39, 0.29) is 0 Å². The molecule has 0 spiro atoms. The van der Waals surface area contributed by atoms with E-state index in [1.165, 1.54) is 32.7 Å². The largest absolute Gasteiger partial charge is 0.460 e. The summed E-state index contributed by atoms with van der Waals surface area (Å²) in [4.78, 5) is 0. The van der Waals surface area contributed by atoms with Gasteiger partial charge in [-0.3, -0.25) is 0 Å². The second-order valence-corrected chi connectivity index (χ2v) is 11.2. The molecule has 0 aliphatic rings. The molecule has 10 rings (SSSR count). The zero-order valence-electron chi connectivity index (χ0n) is 22.9. The Morgan fingerprint density at radius 1 is 0.372 bits per heavy atom. The normalized spacial score (nSPS) is 12.2. The van der Waals surface area contributed by atoms with Crippen molar-refractivity contribution in [3.8, 4) is 22.3 Å². The van der Waals surface area contributed by atoms with E-state index in [2.05, 4.69) is 109 Å². The zero-order valence-corrected chi connectivity index (χ0v) is 22.9. The number of benzene rings is 7. The van der Waals surface area contributed by atoms with Gasteiger partial charge in [0.05, 0.1) is 6.26 Å². The lowest BCUT2D eigenvalue weighted by Crippen LogP contribution is -1.91. The number of hydrogen-bond acceptors (Lipinski definition) is 3. The molecule has 3 heterocycles. The van der Waals surface area contributed by atoms with Crippen LogP contribution in [0.5, 0.6) is 0 Å². The van der Waals surface area contributed by atoms with Gasteiger partial charge >= 0.3 is 0 Å². The molecule has 0 saturated heterocycles. The minimum absolute atomic E-state index is 0.787. The van der Waals surface area contributed by atoms with Gasteiger partial charge in [0.15, 0.2) is 11.2 Å². The molecule has 3 heteroatoms. The second kappa shape index (κ2) is 8.37. The molecule has 200 valence electrons. The fraction of sp³-hybridized carbons (Fsp3) is 0. The monoisotopic (exact) mass is 550 g/mol. The molecule has 10 aromatic rings. The highest BCUT2D eigenvalue weighted by molar-refractivity contribution is 6.25. The van der Waals surface area contributed by atoms with E-state index in [1.807, 2.05) is 18.2 Å². The van der Waals surface area contributed by atoms with Crippen LogP contribution in [0.3, 0.4) is 0 Å². The molecule has 0 bridgehead atoms. The summed E-state index contributed by atoms with van der Waals surface area (Å²) in [6.07, 6.45) is 1.72. The van der Waals surface area contributed by atoms with Crippen molar-refractivity contribution in [3.63, 3.8) is 0 Å². The first kappa shape index (κ1) is 22.8. The molecule has 0 fully saturated rings. The summed E-state index contributed by atoms with van der Waals surface area (Å²) >= 11 is 0. The fourth-order valence-electron chi connectivity index (χ4n) is 7.09. The highest BCUT2D eigenvalue weighted by Crippen LogP contribution is 2.47. The van der Waals surface area contributed by atoms with E-state index in [1.54, 1.807) is 6.26 Å². The van der Waals surface area contributed by atoms with E-state index < -0.39 is 0 Å². The van der Waals surface area contributed by atoms with Crippen molar-refractivity contribution in [2.24, 2.45) is 0 Å². The molecule has 3 aromatic heterocycles. The molecule has 0 aliphatic carbocycles. The number of fused-ring (bicyclic) bond motifs is 10. The molecule has 3 nitrogen and oxygen atoms in total. The van der Waals surface area contributed by atoms with Gasteiger partial charge in [-0.2, -0.15) is 0 Å². The average Bonchev–Trinajstić information content (AvgIpc) is 3.78. The Kier molecular flexibility index (Phi) is 4.45. The Hall–Kier alpha value is -5.80. The maximum atomic E-state index is 6.54. The first-order valence-electron chi connectivity index (χ1n) is 14.5. The summed E-state index contributed by atoms with van der Waals surface area (Å²) in [7, 11) is 0. The summed E-state index contributed by atoms with van der Waals surface area (Å²) in [5.74, 6) is 0. The third-order valence-electron chi connectivity index (χ3n) is 8.95. The molecule has 0 N–H and O–H groups in total. The van der Waals surface area contributed by atoms with E-state index in [0.29, 0.717) is 0 Å². The zero-order chi connectivity index (χ0) is 28.1. The molecule has 0 atom stereocenters. The van der Waals surface area contributed by atoms with Crippen LogP contribution in [0.2, 0.25) is 0 Å². The molecule has 43 heavy (non-hydrogen) atoms. The molecule has 0 aliphatic heterocycles. The molecular weight excluding hydrogens is 528 g/mol. The Balaban J connectivity index is 1.31. The topological polar surface area (TPSA) is 39.4 Å². The summed E-state index contributed by atoms with van der Waals surface area (Å²) in [6.45, 7) is 0. The highest BCUT2D eigenvalue weighted by atomic mass is 16.4. The Morgan fingerprint density at radius 3 is 1.79 bits per heavy atom. The quantitative estimate of drug-likeness (QED) is 0.201. The van der Waals surface area contributed by atoms with Crippen molar-refractivity contribution < 1.29 is 13.3 Å². The number of furan rings is 3. The first-order valence-corrected chi connectivity index (χ1v) is 14.5. The van der Waals surface area contributed by atoms with Crippen molar-refractivity contribution in [1.82, 2.24) is 0 Å². The van der Waals surface area contributed by atoms with Crippen LogP contribution in [0.25, 0.3) is 98.6 Å². The van der Waals surface area contributed by atoms with Crippen LogP contribution in [-0.4, -0.2) is 0 Å². The van der Waals surface area contributed by atoms with Gasteiger partial charge in [0.25, 0.3) is 0 Å². The minimum atomic E-state index is 0.787. The van der Waals surface area contributed by atoms with Crippen LogP contribution in [0.1, 0.15) is 0 Å². The average molecular weight is 551 g/mol. The first-order chi connectivity index (χ1) is 21.3. The molecule has 0 radical (unpaired) electrons. The molecule has 7 aromatic carbocycles. The van der Waals surface area contributed by atoms with Crippen LogP contribution >= 0.6 is 0 Å². The van der Waals surface area contributed by atoms with Gasteiger partial charge in [0.1, 0.15) is 16.7 Å². The lowest BCUT2D eigenvalue weighted by atomic mass is 9.85. The molecule has 0 unspecified atom stereocenters. The van der Waals surface area contributed by atoms with Crippen molar-refractivity contribution in [3.05, 3.63) is 134 Å². The van der Waals surface area contributed by atoms with Crippen molar-refractivity contribution in [1.29, 1.82) is 0 Å². The molecular formula is C40H22O3. The van der Waals surface area contributed by atoms with Gasteiger partial charge in [0.2, 0.25) is 0 Å². The summed E-state index contributed by atoms with van der Waals surface area (Å²) < 4.78 is 18.7. The van der Waals surface area contributed by atoms with Gasteiger partial charge < -0.3 is 13.3 Å². The van der Waals surface area contributed by atoms with Crippen molar-refractivity contribution in [2.45, 2.75) is 0 Å². The van der Waals surface area contributed by atoms with Gasteiger partial charge in [-0.15, -0.1) is 0 Å². The third kappa shape index (κ3) is 3.08.